The predicted molar refractivity (Wildman–Crippen MR) is 136 cm³/mol. The van der Waals surface area contributed by atoms with Gasteiger partial charge in [0.15, 0.2) is 0 Å². The Kier molecular flexibility index (Phi) is 6.75. The fourth-order valence-electron chi connectivity index (χ4n) is 5.57. The van der Waals surface area contributed by atoms with Crippen molar-refractivity contribution in [2.75, 3.05) is 9.80 Å². The van der Waals surface area contributed by atoms with Gasteiger partial charge in [0.1, 0.15) is 11.6 Å². The summed E-state index contributed by atoms with van der Waals surface area (Å²) in [6.45, 7) is 15.2. The monoisotopic (exact) mass is 470 g/mol. The van der Waals surface area contributed by atoms with Gasteiger partial charge < -0.3 is 9.80 Å². The van der Waals surface area contributed by atoms with Gasteiger partial charge in [0.05, 0.1) is 11.2 Å². The van der Waals surface area contributed by atoms with Crippen molar-refractivity contribution in [1.82, 2.24) is 0 Å². The molecule has 2 aliphatic rings. The van der Waals surface area contributed by atoms with Gasteiger partial charge in [-0.3, -0.25) is 9.59 Å². The third kappa shape index (κ3) is 4.77. The highest BCUT2D eigenvalue weighted by Crippen LogP contribution is 2.43. The maximum Gasteiger partial charge on any atom is 0.224 e. The Bertz CT molecular complexity index is 1170. The van der Waals surface area contributed by atoms with Crippen molar-refractivity contribution >= 4 is 28.8 Å². The molecule has 2 aromatic carbocycles. The zero-order valence-electron chi connectivity index (χ0n) is 21.3. The Labute approximate surface area is 202 Å². The number of carbonyl (C=O) groups excluding carboxylic acids is 2. The number of halogens is 2. The van der Waals surface area contributed by atoms with Gasteiger partial charge in [0.25, 0.3) is 0 Å². The lowest BCUT2D eigenvalue weighted by Crippen LogP contribution is -2.50. The third-order valence-corrected chi connectivity index (χ3v) is 6.57. The first-order valence-corrected chi connectivity index (χ1v) is 11.6. The zero-order chi connectivity index (χ0) is 25.6. The van der Waals surface area contributed by atoms with Crippen LogP contribution in [-0.4, -0.2) is 22.9 Å². The van der Waals surface area contributed by atoms with E-state index in [-0.39, 0.29) is 41.9 Å². The molecule has 2 amide bonds. The van der Waals surface area contributed by atoms with Crippen molar-refractivity contribution in [2.24, 2.45) is 0 Å². The summed E-state index contributed by atoms with van der Waals surface area (Å²) in [5, 5.41) is 0. The number of rotatable bonds is 0. The van der Waals surface area contributed by atoms with E-state index in [1.54, 1.807) is 34.9 Å². The lowest BCUT2D eigenvalue weighted by Gasteiger charge is -2.45. The van der Waals surface area contributed by atoms with Crippen LogP contribution in [0, 0.1) is 11.6 Å². The van der Waals surface area contributed by atoms with Gasteiger partial charge in [-0.05, 0) is 94.5 Å². The fraction of sp³-hybridized carbons (Fsp3) is 0.429. The molecule has 1 atom stereocenters. The smallest absolute Gasteiger partial charge is 0.224 e. The molecule has 0 fully saturated rings. The fourth-order valence-corrected chi connectivity index (χ4v) is 5.57. The van der Waals surface area contributed by atoms with E-state index in [0.29, 0.717) is 0 Å². The standard InChI is InChI=1S/C14H18FNO.C14H16FNO.H2/c2*1-9-8-14(3,4)16(10(2)17)13-6-5-11(15)7-12(9)13;/h5-7,9H,8H2,1-4H3;5-8H,1-4H3;1H. The maximum absolute atomic E-state index is 13.3. The van der Waals surface area contributed by atoms with Crippen LogP contribution in [0.3, 0.4) is 0 Å². The Balaban J connectivity index is 0.000000240. The van der Waals surface area contributed by atoms with Crippen molar-refractivity contribution in [3.8, 4) is 0 Å². The van der Waals surface area contributed by atoms with Crippen LogP contribution in [0.5, 0.6) is 0 Å². The summed E-state index contributed by atoms with van der Waals surface area (Å²) in [5.74, 6) is -0.272. The number of amides is 2. The molecule has 2 heterocycles. The highest BCUT2D eigenvalue weighted by atomic mass is 19.1. The molecule has 2 aromatic rings. The van der Waals surface area contributed by atoms with E-state index in [4.69, 9.17) is 0 Å². The van der Waals surface area contributed by atoms with E-state index in [2.05, 4.69) is 20.8 Å². The molecule has 0 saturated heterocycles. The molecule has 0 aliphatic carbocycles. The van der Waals surface area contributed by atoms with Crippen molar-refractivity contribution < 1.29 is 19.8 Å². The minimum atomic E-state index is -0.374. The van der Waals surface area contributed by atoms with Crippen LogP contribution >= 0.6 is 0 Å². The van der Waals surface area contributed by atoms with E-state index < -0.39 is 0 Å². The molecule has 1 unspecified atom stereocenters. The molecule has 4 rings (SSSR count). The first kappa shape index (κ1) is 25.6. The van der Waals surface area contributed by atoms with Crippen molar-refractivity contribution in [3.63, 3.8) is 0 Å². The van der Waals surface area contributed by atoms with Gasteiger partial charge in [-0.25, -0.2) is 8.78 Å². The van der Waals surface area contributed by atoms with Crippen LogP contribution in [0.15, 0.2) is 42.5 Å². The summed E-state index contributed by atoms with van der Waals surface area (Å²) < 4.78 is 26.5. The molecule has 0 bridgehead atoms. The molecule has 6 heteroatoms. The average molecular weight is 471 g/mol. The van der Waals surface area contributed by atoms with Gasteiger partial charge >= 0.3 is 0 Å². The normalized spacial score (nSPS) is 19.8. The topological polar surface area (TPSA) is 40.6 Å². The van der Waals surface area contributed by atoms with Crippen molar-refractivity contribution in [1.29, 1.82) is 0 Å². The van der Waals surface area contributed by atoms with E-state index in [0.717, 1.165) is 34.5 Å². The van der Waals surface area contributed by atoms with Gasteiger partial charge in [0.2, 0.25) is 11.8 Å². The number of fused-ring (bicyclic) bond motifs is 2. The third-order valence-electron chi connectivity index (χ3n) is 6.57. The maximum atomic E-state index is 13.3. The number of carbonyl (C=O) groups is 2. The molecule has 0 spiro atoms. The lowest BCUT2D eigenvalue weighted by molar-refractivity contribution is -0.118. The Morgan fingerprint density at radius 2 is 1.44 bits per heavy atom. The number of nitrogens with zero attached hydrogens (tertiary/aromatic N) is 2. The first-order chi connectivity index (χ1) is 15.7. The molecule has 0 saturated carbocycles. The van der Waals surface area contributed by atoms with Gasteiger partial charge in [0, 0.05) is 32.1 Å². The summed E-state index contributed by atoms with van der Waals surface area (Å²) in [6.07, 6.45) is 2.85. The summed E-state index contributed by atoms with van der Waals surface area (Å²) in [7, 11) is 0. The molecule has 0 N–H and O–H groups in total. The second-order valence-electron chi connectivity index (χ2n) is 10.5. The molecular formula is C28H36F2N2O2. The van der Waals surface area contributed by atoms with Crippen LogP contribution in [0.4, 0.5) is 20.2 Å². The first-order valence-electron chi connectivity index (χ1n) is 11.6. The minimum absolute atomic E-state index is 0. The number of benzene rings is 2. The molecule has 34 heavy (non-hydrogen) atoms. The van der Waals surface area contributed by atoms with Gasteiger partial charge in [-0.15, -0.1) is 0 Å². The number of hydrogen-bond donors (Lipinski definition) is 0. The second-order valence-corrected chi connectivity index (χ2v) is 10.5. The number of anilines is 2. The van der Waals surface area contributed by atoms with E-state index in [1.807, 2.05) is 26.8 Å². The average Bonchev–Trinajstić information content (AvgIpc) is 2.68. The molecule has 184 valence electrons. The van der Waals surface area contributed by atoms with Crippen LogP contribution in [0.2, 0.25) is 0 Å². The second kappa shape index (κ2) is 8.97. The number of allylic oxidation sites excluding steroid dienone is 1. The van der Waals surface area contributed by atoms with Gasteiger partial charge in [-0.2, -0.15) is 0 Å². The lowest BCUT2D eigenvalue weighted by atomic mass is 9.80. The van der Waals surface area contributed by atoms with E-state index in [9.17, 15) is 18.4 Å². The predicted octanol–water partition coefficient (Wildman–Crippen LogP) is 7.08. The summed E-state index contributed by atoms with van der Waals surface area (Å²) in [5.41, 5.74) is 3.77. The van der Waals surface area contributed by atoms with E-state index in [1.165, 1.54) is 25.1 Å². The summed E-state index contributed by atoms with van der Waals surface area (Å²) in [6, 6.07) is 9.22. The SMILES string of the molecule is CC(=O)N1c2ccc(F)cc2C(C)=CC1(C)C.CC(=O)N1c2ccc(F)cc2C(C)CC1(C)C.[HH]. The van der Waals surface area contributed by atoms with Crippen molar-refractivity contribution in [2.45, 2.75) is 78.8 Å². The van der Waals surface area contributed by atoms with Crippen LogP contribution < -0.4 is 9.80 Å². The van der Waals surface area contributed by atoms with Crippen molar-refractivity contribution in [3.05, 3.63) is 65.2 Å². The highest BCUT2D eigenvalue weighted by Gasteiger charge is 2.38. The minimum Gasteiger partial charge on any atom is -0.307 e. The largest absolute Gasteiger partial charge is 0.307 e. The Hall–Kier alpha value is -3.02. The summed E-state index contributed by atoms with van der Waals surface area (Å²) >= 11 is 0. The van der Waals surface area contributed by atoms with Crippen LogP contribution in [0.25, 0.3) is 5.57 Å². The number of hydrogen-bond acceptors (Lipinski definition) is 2. The highest BCUT2D eigenvalue weighted by molar-refractivity contribution is 5.99. The van der Waals surface area contributed by atoms with Crippen LogP contribution in [0.1, 0.15) is 80.3 Å². The van der Waals surface area contributed by atoms with Crippen LogP contribution in [-0.2, 0) is 9.59 Å². The summed E-state index contributed by atoms with van der Waals surface area (Å²) in [4.78, 5) is 27.1. The molecule has 4 nitrogen and oxygen atoms in total. The molecule has 0 aromatic heterocycles. The quantitative estimate of drug-likeness (QED) is 0.413. The van der Waals surface area contributed by atoms with Gasteiger partial charge in [-0.1, -0.05) is 13.0 Å². The molecule has 2 aliphatic heterocycles. The Morgan fingerprint density at radius 3 is 2.00 bits per heavy atom. The molecular weight excluding hydrogens is 434 g/mol. The zero-order valence-corrected chi connectivity index (χ0v) is 21.3. The molecule has 0 radical (unpaired) electrons. The Morgan fingerprint density at radius 1 is 0.912 bits per heavy atom. The van der Waals surface area contributed by atoms with E-state index >= 15 is 0 Å².